The Balaban J connectivity index is 1.80. The molecule has 3 atom stereocenters. The van der Waals surface area contributed by atoms with Gasteiger partial charge in [0.15, 0.2) is 0 Å². The highest BCUT2D eigenvalue weighted by Crippen LogP contribution is 2.22. The molecule has 0 aliphatic heterocycles. The number of methoxy groups -OCH3 is 1. The number of rotatable bonds is 8. The number of benzene rings is 2. The SMILES string of the molecule is COc1ccc(C(C)CCNC(=O)C(C)C(N)c2ccccc2)cc1. The number of amides is 1. The van der Waals surface area contributed by atoms with E-state index in [4.69, 9.17) is 10.5 Å². The molecule has 4 heteroatoms. The summed E-state index contributed by atoms with van der Waals surface area (Å²) in [6.07, 6.45) is 0.880. The molecule has 1 amide bonds. The van der Waals surface area contributed by atoms with Gasteiger partial charge in [-0.3, -0.25) is 4.79 Å². The molecule has 0 aliphatic rings. The third kappa shape index (κ3) is 5.33. The lowest BCUT2D eigenvalue weighted by Crippen LogP contribution is -2.36. The van der Waals surface area contributed by atoms with Crippen LogP contribution in [-0.4, -0.2) is 19.6 Å². The molecule has 4 nitrogen and oxygen atoms in total. The molecule has 0 spiro atoms. The van der Waals surface area contributed by atoms with Crippen molar-refractivity contribution in [2.75, 3.05) is 13.7 Å². The fourth-order valence-corrected chi connectivity index (χ4v) is 2.80. The van der Waals surface area contributed by atoms with Gasteiger partial charge in [-0.25, -0.2) is 0 Å². The fourth-order valence-electron chi connectivity index (χ4n) is 2.80. The van der Waals surface area contributed by atoms with Gasteiger partial charge in [0.25, 0.3) is 0 Å². The van der Waals surface area contributed by atoms with Crippen molar-refractivity contribution in [2.24, 2.45) is 11.7 Å². The molecule has 0 radical (unpaired) electrons. The zero-order valence-electron chi connectivity index (χ0n) is 15.2. The maximum Gasteiger partial charge on any atom is 0.224 e. The van der Waals surface area contributed by atoms with E-state index in [1.165, 1.54) is 5.56 Å². The van der Waals surface area contributed by atoms with Crippen LogP contribution in [0.25, 0.3) is 0 Å². The van der Waals surface area contributed by atoms with Crippen LogP contribution in [0.5, 0.6) is 5.75 Å². The molecule has 0 aromatic heterocycles. The highest BCUT2D eigenvalue weighted by Gasteiger charge is 2.21. The maximum atomic E-state index is 12.4. The van der Waals surface area contributed by atoms with E-state index in [0.29, 0.717) is 12.5 Å². The van der Waals surface area contributed by atoms with Crippen molar-refractivity contribution in [2.45, 2.75) is 32.2 Å². The Labute approximate surface area is 150 Å². The number of nitrogens with one attached hydrogen (secondary N) is 1. The lowest BCUT2D eigenvalue weighted by molar-refractivity contribution is -0.125. The topological polar surface area (TPSA) is 64.3 Å². The van der Waals surface area contributed by atoms with Crippen LogP contribution in [-0.2, 0) is 4.79 Å². The van der Waals surface area contributed by atoms with E-state index < -0.39 is 0 Å². The largest absolute Gasteiger partial charge is 0.497 e. The molecule has 2 aromatic rings. The molecule has 25 heavy (non-hydrogen) atoms. The summed E-state index contributed by atoms with van der Waals surface area (Å²) in [5, 5.41) is 3.01. The van der Waals surface area contributed by atoms with Crippen molar-refractivity contribution in [3.63, 3.8) is 0 Å². The predicted molar refractivity (Wildman–Crippen MR) is 102 cm³/mol. The molecule has 3 N–H and O–H groups in total. The lowest BCUT2D eigenvalue weighted by Gasteiger charge is -2.20. The average Bonchev–Trinajstić information content (AvgIpc) is 2.67. The van der Waals surface area contributed by atoms with Crippen LogP contribution < -0.4 is 15.8 Å². The van der Waals surface area contributed by atoms with Gasteiger partial charge in [-0.15, -0.1) is 0 Å². The molecule has 134 valence electrons. The summed E-state index contributed by atoms with van der Waals surface area (Å²) in [7, 11) is 1.66. The highest BCUT2D eigenvalue weighted by molar-refractivity contribution is 5.79. The first-order valence-electron chi connectivity index (χ1n) is 8.75. The Morgan fingerprint density at radius 3 is 2.28 bits per heavy atom. The predicted octanol–water partition coefficient (Wildman–Crippen LogP) is 3.64. The third-order valence-electron chi connectivity index (χ3n) is 4.70. The fraction of sp³-hybridized carbons (Fsp3) is 0.381. The summed E-state index contributed by atoms with van der Waals surface area (Å²) in [5.74, 6) is 0.953. The van der Waals surface area contributed by atoms with Crippen LogP contribution in [0.3, 0.4) is 0 Å². The zero-order valence-corrected chi connectivity index (χ0v) is 15.2. The van der Waals surface area contributed by atoms with Gasteiger partial charge in [-0.2, -0.15) is 0 Å². The van der Waals surface area contributed by atoms with Gasteiger partial charge in [0.05, 0.1) is 13.0 Å². The van der Waals surface area contributed by atoms with Crippen LogP contribution in [0.15, 0.2) is 54.6 Å². The van der Waals surface area contributed by atoms with E-state index in [1.54, 1.807) is 7.11 Å². The Morgan fingerprint density at radius 1 is 1.04 bits per heavy atom. The van der Waals surface area contributed by atoms with Crippen molar-refractivity contribution >= 4 is 5.91 Å². The number of carbonyl (C=O) groups is 1. The van der Waals surface area contributed by atoms with Crippen LogP contribution in [0.4, 0.5) is 0 Å². The average molecular weight is 340 g/mol. The quantitative estimate of drug-likeness (QED) is 0.771. The molecule has 0 fully saturated rings. The van der Waals surface area contributed by atoms with E-state index in [1.807, 2.05) is 49.4 Å². The summed E-state index contributed by atoms with van der Waals surface area (Å²) in [5.41, 5.74) is 8.44. The number of ether oxygens (including phenoxy) is 1. The van der Waals surface area contributed by atoms with Gasteiger partial charge >= 0.3 is 0 Å². The van der Waals surface area contributed by atoms with Gasteiger partial charge < -0.3 is 15.8 Å². The molecule has 0 bridgehead atoms. The second-order valence-electron chi connectivity index (χ2n) is 6.48. The van der Waals surface area contributed by atoms with E-state index >= 15 is 0 Å². The van der Waals surface area contributed by atoms with E-state index in [0.717, 1.165) is 17.7 Å². The number of hydrogen-bond acceptors (Lipinski definition) is 3. The number of nitrogens with two attached hydrogens (primary N) is 1. The van der Waals surface area contributed by atoms with Gasteiger partial charge in [0.2, 0.25) is 5.91 Å². The first-order chi connectivity index (χ1) is 12.0. The Kier molecular flexibility index (Phi) is 7.02. The monoisotopic (exact) mass is 340 g/mol. The van der Waals surface area contributed by atoms with Crippen molar-refractivity contribution in [3.05, 3.63) is 65.7 Å². The first-order valence-corrected chi connectivity index (χ1v) is 8.75. The van der Waals surface area contributed by atoms with Gasteiger partial charge in [0.1, 0.15) is 5.75 Å². The smallest absolute Gasteiger partial charge is 0.224 e. The van der Waals surface area contributed by atoms with E-state index in [9.17, 15) is 4.79 Å². The molecular weight excluding hydrogens is 312 g/mol. The summed E-state index contributed by atoms with van der Waals surface area (Å²) in [6.45, 7) is 4.67. The van der Waals surface area contributed by atoms with Crippen molar-refractivity contribution < 1.29 is 9.53 Å². The van der Waals surface area contributed by atoms with Crippen molar-refractivity contribution in [3.8, 4) is 5.75 Å². The summed E-state index contributed by atoms with van der Waals surface area (Å²) >= 11 is 0. The van der Waals surface area contributed by atoms with Gasteiger partial charge in [-0.1, -0.05) is 56.3 Å². The molecule has 0 saturated heterocycles. The van der Waals surface area contributed by atoms with Crippen molar-refractivity contribution in [1.82, 2.24) is 5.32 Å². The normalized spacial score (nSPS) is 14.4. The minimum absolute atomic E-state index is 0.00159. The Bertz CT molecular complexity index is 655. The molecule has 2 rings (SSSR count). The zero-order chi connectivity index (χ0) is 18.2. The van der Waals surface area contributed by atoms with Gasteiger partial charge in [0, 0.05) is 12.6 Å². The molecule has 2 aromatic carbocycles. The lowest BCUT2D eigenvalue weighted by atomic mass is 9.94. The van der Waals surface area contributed by atoms with E-state index in [2.05, 4.69) is 24.4 Å². The minimum atomic E-state index is -0.291. The molecule has 0 aliphatic carbocycles. The second-order valence-corrected chi connectivity index (χ2v) is 6.48. The summed E-state index contributed by atoms with van der Waals surface area (Å²) in [4.78, 5) is 12.4. The first kappa shape index (κ1) is 19.0. The number of carbonyl (C=O) groups excluding carboxylic acids is 1. The number of hydrogen-bond donors (Lipinski definition) is 2. The molecule has 0 heterocycles. The van der Waals surface area contributed by atoms with Crippen LogP contribution in [0, 0.1) is 5.92 Å². The second kappa shape index (κ2) is 9.23. The van der Waals surface area contributed by atoms with Crippen LogP contribution in [0.1, 0.15) is 43.4 Å². The highest BCUT2D eigenvalue weighted by atomic mass is 16.5. The minimum Gasteiger partial charge on any atom is -0.497 e. The van der Waals surface area contributed by atoms with Gasteiger partial charge in [-0.05, 0) is 35.6 Å². The molecular formula is C21H28N2O2. The third-order valence-corrected chi connectivity index (χ3v) is 4.70. The summed E-state index contributed by atoms with van der Waals surface area (Å²) in [6, 6.07) is 17.5. The Hall–Kier alpha value is -2.33. The summed E-state index contributed by atoms with van der Waals surface area (Å²) < 4.78 is 5.18. The van der Waals surface area contributed by atoms with Crippen molar-refractivity contribution in [1.29, 1.82) is 0 Å². The molecule has 3 unspecified atom stereocenters. The molecule has 0 saturated carbocycles. The van der Waals surface area contributed by atoms with Crippen LogP contribution >= 0.6 is 0 Å². The Morgan fingerprint density at radius 2 is 1.68 bits per heavy atom. The maximum absolute atomic E-state index is 12.4. The van der Waals surface area contributed by atoms with E-state index in [-0.39, 0.29) is 17.9 Å². The standard InChI is InChI=1S/C21H28N2O2/c1-15(17-9-11-19(25-3)12-10-17)13-14-23-21(24)16(2)20(22)18-7-5-4-6-8-18/h4-12,15-16,20H,13-14,22H2,1-3H3,(H,23,24). The van der Waals surface area contributed by atoms with Crippen LogP contribution in [0.2, 0.25) is 0 Å².